The summed E-state index contributed by atoms with van der Waals surface area (Å²) in [5.41, 5.74) is 0. The highest BCUT2D eigenvalue weighted by molar-refractivity contribution is 6.29. The lowest BCUT2D eigenvalue weighted by molar-refractivity contribution is 0.152. The lowest BCUT2D eigenvalue weighted by Crippen LogP contribution is -2.29. The number of carbonyl (C=O) groups is 1. The Hall–Kier alpha value is -1.56. The van der Waals surface area contributed by atoms with E-state index in [0.29, 0.717) is 36.1 Å². The Morgan fingerprint density at radius 2 is 2.00 bits per heavy atom. The molecule has 102 valence electrons. The van der Waals surface area contributed by atoms with Gasteiger partial charge < -0.3 is 15.3 Å². The number of halogens is 1. The number of hydrogen-bond donors (Lipinski definition) is 2. The molecule has 2 N–H and O–H groups in total. The molecule has 0 bridgehead atoms. The van der Waals surface area contributed by atoms with Crippen LogP contribution in [0, 0.1) is 11.8 Å². The lowest BCUT2D eigenvalue weighted by Gasteiger charge is -2.17. The van der Waals surface area contributed by atoms with Gasteiger partial charge >= 0.3 is 6.09 Å². The number of aromatic nitrogens is 2. The largest absolute Gasteiger partial charge is 0.465 e. The van der Waals surface area contributed by atoms with Gasteiger partial charge in [0.25, 0.3) is 0 Å². The molecule has 1 saturated heterocycles. The van der Waals surface area contributed by atoms with E-state index in [0.717, 1.165) is 18.7 Å². The van der Waals surface area contributed by atoms with Gasteiger partial charge in [0.2, 0.25) is 0 Å². The summed E-state index contributed by atoms with van der Waals surface area (Å²) < 4.78 is 0. The Morgan fingerprint density at radius 3 is 2.53 bits per heavy atom. The van der Waals surface area contributed by atoms with Crippen LogP contribution in [-0.2, 0) is 0 Å². The van der Waals surface area contributed by atoms with E-state index in [2.05, 4.69) is 15.5 Å². The Kier molecular flexibility index (Phi) is 3.18. The zero-order chi connectivity index (χ0) is 13.4. The van der Waals surface area contributed by atoms with Crippen molar-refractivity contribution in [3.63, 3.8) is 0 Å². The number of amides is 1. The maximum Gasteiger partial charge on any atom is 0.407 e. The summed E-state index contributed by atoms with van der Waals surface area (Å²) in [6.07, 6.45) is 1.17. The number of nitrogens with one attached hydrogen (secondary N) is 1. The molecule has 0 aromatic carbocycles. The van der Waals surface area contributed by atoms with Crippen LogP contribution in [0.5, 0.6) is 0 Å². The van der Waals surface area contributed by atoms with Gasteiger partial charge in [0.15, 0.2) is 5.15 Å². The molecule has 7 heteroatoms. The number of carboxylic acid groups (broad SMARTS) is 1. The Bertz CT molecular complexity index is 467. The van der Waals surface area contributed by atoms with Crippen molar-refractivity contribution in [2.75, 3.05) is 18.4 Å². The van der Waals surface area contributed by atoms with Crippen molar-refractivity contribution in [2.24, 2.45) is 11.8 Å². The average molecular weight is 283 g/mol. The predicted molar refractivity (Wildman–Crippen MR) is 70.3 cm³/mol. The van der Waals surface area contributed by atoms with Crippen molar-refractivity contribution in [1.29, 1.82) is 0 Å². The molecule has 1 aromatic rings. The second-order valence-corrected chi connectivity index (χ2v) is 5.65. The van der Waals surface area contributed by atoms with Crippen molar-refractivity contribution in [1.82, 2.24) is 15.1 Å². The van der Waals surface area contributed by atoms with Gasteiger partial charge in [0, 0.05) is 19.1 Å². The first-order chi connectivity index (χ1) is 9.11. The van der Waals surface area contributed by atoms with Gasteiger partial charge in [0.1, 0.15) is 5.82 Å². The van der Waals surface area contributed by atoms with Crippen LogP contribution in [0.2, 0.25) is 5.15 Å². The minimum absolute atomic E-state index is 0.349. The summed E-state index contributed by atoms with van der Waals surface area (Å²) in [5, 5.41) is 20.5. The molecule has 3 atom stereocenters. The Morgan fingerprint density at radius 1 is 1.32 bits per heavy atom. The van der Waals surface area contributed by atoms with E-state index < -0.39 is 6.09 Å². The smallest absolute Gasteiger partial charge is 0.407 e. The number of likely N-dealkylation sites (tertiary alicyclic amines) is 1. The molecule has 1 amide bonds. The van der Waals surface area contributed by atoms with Crippen LogP contribution in [0.3, 0.4) is 0 Å². The third-order valence-corrected chi connectivity index (χ3v) is 4.21. The molecule has 1 saturated carbocycles. The molecule has 2 aliphatic rings. The van der Waals surface area contributed by atoms with E-state index in [1.54, 1.807) is 6.07 Å². The average Bonchev–Trinajstić information content (AvgIpc) is 2.90. The number of anilines is 1. The third-order valence-electron chi connectivity index (χ3n) is 4.01. The molecule has 19 heavy (non-hydrogen) atoms. The van der Waals surface area contributed by atoms with Gasteiger partial charge in [-0.3, -0.25) is 0 Å². The number of hydrogen-bond acceptors (Lipinski definition) is 4. The first-order valence-electron chi connectivity index (χ1n) is 6.35. The molecule has 1 unspecified atom stereocenters. The van der Waals surface area contributed by atoms with Crippen LogP contribution in [0.15, 0.2) is 12.1 Å². The van der Waals surface area contributed by atoms with E-state index in [4.69, 9.17) is 16.7 Å². The van der Waals surface area contributed by atoms with E-state index in [-0.39, 0.29) is 0 Å². The second-order valence-electron chi connectivity index (χ2n) is 5.26. The fourth-order valence-electron chi connectivity index (χ4n) is 3.18. The summed E-state index contributed by atoms with van der Waals surface area (Å²) in [4.78, 5) is 12.4. The van der Waals surface area contributed by atoms with Gasteiger partial charge in [-0.15, -0.1) is 10.2 Å². The highest BCUT2D eigenvalue weighted by atomic mass is 35.5. The van der Waals surface area contributed by atoms with Crippen molar-refractivity contribution < 1.29 is 9.90 Å². The summed E-state index contributed by atoms with van der Waals surface area (Å²) in [5.74, 6) is 1.66. The normalized spacial score (nSPS) is 29.3. The zero-order valence-corrected chi connectivity index (χ0v) is 11.0. The minimum atomic E-state index is -0.803. The van der Waals surface area contributed by atoms with Crippen LogP contribution in [-0.4, -0.2) is 45.4 Å². The van der Waals surface area contributed by atoms with Gasteiger partial charge in [-0.2, -0.15) is 0 Å². The SMILES string of the molecule is O=C(O)N1C[C@H]2CC(Nc3ccc(Cl)nn3)C[C@H]2C1. The molecular formula is C12H15ClN4O2. The van der Waals surface area contributed by atoms with Crippen molar-refractivity contribution in [3.05, 3.63) is 17.3 Å². The quantitative estimate of drug-likeness (QED) is 0.866. The second kappa shape index (κ2) is 4.85. The molecule has 1 aliphatic carbocycles. The topological polar surface area (TPSA) is 78.4 Å². The highest BCUT2D eigenvalue weighted by Crippen LogP contribution is 2.39. The Labute approximate surface area is 115 Å². The van der Waals surface area contributed by atoms with E-state index in [9.17, 15) is 4.79 Å². The summed E-state index contributed by atoms with van der Waals surface area (Å²) in [6, 6.07) is 3.87. The van der Waals surface area contributed by atoms with Crippen molar-refractivity contribution in [3.8, 4) is 0 Å². The van der Waals surface area contributed by atoms with Gasteiger partial charge in [-0.05, 0) is 36.8 Å². The summed E-state index contributed by atoms with van der Waals surface area (Å²) in [6.45, 7) is 1.31. The fourth-order valence-corrected chi connectivity index (χ4v) is 3.28. The van der Waals surface area contributed by atoms with Crippen LogP contribution in [0.4, 0.5) is 10.6 Å². The molecule has 0 spiro atoms. The minimum Gasteiger partial charge on any atom is -0.465 e. The fraction of sp³-hybridized carbons (Fsp3) is 0.583. The number of fused-ring (bicyclic) bond motifs is 1. The van der Waals surface area contributed by atoms with E-state index in [1.807, 2.05) is 6.07 Å². The highest BCUT2D eigenvalue weighted by Gasteiger charge is 2.42. The first-order valence-corrected chi connectivity index (χ1v) is 6.73. The molecular weight excluding hydrogens is 268 g/mol. The van der Waals surface area contributed by atoms with Crippen LogP contribution < -0.4 is 5.32 Å². The maximum absolute atomic E-state index is 10.9. The molecule has 6 nitrogen and oxygen atoms in total. The molecule has 2 heterocycles. The Balaban J connectivity index is 1.57. The molecule has 3 rings (SSSR count). The van der Waals surface area contributed by atoms with Crippen LogP contribution in [0.1, 0.15) is 12.8 Å². The van der Waals surface area contributed by atoms with Gasteiger partial charge in [0.05, 0.1) is 0 Å². The zero-order valence-electron chi connectivity index (χ0n) is 10.3. The maximum atomic E-state index is 10.9. The van der Waals surface area contributed by atoms with Crippen molar-refractivity contribution >= 4 is 23.5 Å². The van der Waals surface area contributed by atoms with Gasteiger partial charge in [-0.1, -0.05) is 11.6 Å². The van der Waals surface area contributed by atoms with Gasteiger partial charge in [-0.25, -0.2) is 4.79 Å². The van der Waals surface area contributed by atoms with Crippen LogP contribution >= 0.6 is 11.6 Å². The molecule has 1 aliphatic heterocycles. The number of rotatable bonds is 2. The number of nitrogens with zero attached hydrogens (tertiary/aromatic N) is 3. The molecule has 2 fully saturated rings. The predicted octanol–water partition coefficient (Wildman–Crippen LogP) is 1.93. The lowest BCUT2D eigenvalue weighted by atomic mass is 10.0. The van der Waals surface area contributed by atoms with E-state index in [1.165, 1.54) is 4.90 Å². The monoisotopic (exact) mass is 282 g/mol. The summed E-state index contributed by atoms with van der Waals surface area (Å²) >= 11 is 5.69. The molecule has 1 aromatic heterocycles. The molecule has 0 radical (unpaired) electrons. The van der Waals surface area contributed by atoms with E-state index >= 15 is 0 Å². The first kappa shape index (κ1) is 12.5. The van der Waals surface area contributed by atoms with Crippen LogP contribution in [0.25, 0.3) is 0 Å². The third kappa shape index (κ3) is 2.58. The standard InChI is InChI=1S/C12H15ClN4O2/c13-10-1-2-11(16-15-10)14-9-3-7-5-17(12(18)19)6-8(7)4-9/h1-2,7-9H,3-6H2,(H,14,16)(H,18,19)/t7-,8+,9?. The summed E-state index contributed by atoms with van der Waals surface area (Å²) in [7, 11) is 0. The van der Waals surface area contributed by atoms with Crippen molar-refractivity contribution in [2.45, 2.75) is 18.9 Å².